The number of allylic oxidation sites excluding steroid dienone is 8. The fraction of sp³-hybridized carbons (Fsp3) is 0.583. The quantitative estimate of drug-likeness (QED) is 0.0486. The molecule has 0 aliphatic carbocycles. The average Bonchev–Trinajstić information content (AvgIpc) is 2.95. The second-order valence-electron chi connectivity index (χ2n) is 12.1. The minimum absolute atomic E-state index is 0.00564. The molecule has 2 N–H and O–H groups in total. The standard InChI is InChI=1S/C36H55NO5S2/c1-10-43-44-19-18-37-33(38)23-27(5)22-30(8)36(41)31(9)35(40)29(7)21-25(3)13-11-12-24(2)20-26(4)14-16-32-28(6)15-17-34(39)42-32/h11,13-17,20-21,23-24,28-32,36,41H,10,12,18-19,22H2,1-9H3,(H,37,38)/b13-11+,16-14+,25-21+,26-20-,27-23+/t24?,28-,29+,30-,31+,32?,36?/m0/s1. The van der Waals surface area contributed by atoms with Crippen LogP contribution in [0.15, 0.2) is 71.4 Å². The van der Waals surface area contributed by atoms with E-state index in [-0.39, 0.29) is 41.5 Å². The summed E-state index contributed by atoms with van der Waals surface area (Å²) in [5.74, 6) is 0.979. The molecule has 6 nitrogen and oxygen atoms in total. The lowest BCUT2D eigenvalue weighted by atomic mass is 9.83. The van der Waals surface area contributed by atoms with Gasteiger partial charge < -0.3 is 15.2 Å². The van der Waals surface area contributed by atoms with Crippen LogP contribution >= 0.6 is 21.6 Å². The van der Waals surface area contributed by atoms with Crippen molar-refractivity contribution >= 4 is 39.2 Å². The van der Waals surface area contributed by atoms with E-state index in [2.05, 4.69) is 31.3 Å². The number of cyclic esters (lactones) is 1. The second kappa shape index (κ2) is 21.4. The summed E-state index contributed by atoms with van der Waals surface area (Å²) in [4.78, 5) is 36.8. The molecule has 8 heteroatoms. The number of aliphatic hydroxyl groups excluding tert-OH is 1. The summed E-state index contributed by atoms with van der Waals surface area (Å²) in [5.41, 5.74) is 3.00. The molecule has 0 spiro atoms. The summed E-state index contributed by atoms with van der Waals surface area (Å²) < 4.78 is 5.37. The van der Waals surface area contributed by atoms with E-state index in [0.717, 1.165) is 34.6 Å². The van der Waals surface area contributed by atoms with Gasteiger partial charge in [-0.2, -0.15) is 0 Å². The Hall–Kier alpha value is -2.29. The fourth-order valence-electron chi connectivity index (χ4n) is 5.05. The van der Waals surface area contributed by atoms with E-state index in [9.17, 15) is 19.5 Å². The number of ether oxygens (including phenoxy) is 1. The number of Topliss-reactive ketones (excluding diaryl/α,β-unsaturated/α-hetero) is 1. The van der Waals surface area contributed by atoms with Gasteiger partial charge in [-0.3, -0.25) is 9.59 Å². The highest BCUT2D eigenvalue weighted by molar-refractivity contribution is 8.76. The first-order chi connectivity index (χ1) is 20.7. The lowest BCUT2D eigenvalue weighted by Crippen LogP contribution is -2.34. The monoisotopic (exact) mass is 645 g/mol. The molecule has 0 aromatic heterocycles. The molecule has 7 atom stereocenters. The van der Waals surface area contributed by atoms with Crippen LogP contribution < -0.4 is 5.32 Å². The molecule has 0 aromatic carbocycles. The van der Waals surface area contributed by atoms with E-state index < -0.39 is 12.0 Å². The van der Waals surface area contributed by atoms with E-state index in [0.29, 0.717) is 18.9 Å². The summed E-state index contributed by atoms with van der Waals surface area (Å²) in [6.07, 6.45) is 17.6. The molecule has 44 heavy (non-hydrogen) atoms. The highest BCUT2D eigenvalue weighted by Gasteiger charge is 2.29. The Labute approximate surface area is 274 Å². The van der Waals surface area contributed by atoms with Gasteiger partial charge in [0.25, 0.3) is 0 Å². The zero-order valence-corrected chi connectivity index (χ0v) is 29.8. The van der Waals surface area contributed by atoms with E-state index in [1.54, 1.807) is 34.6 Å². The van der Waals surface area contributed by atoms with Gasteiger partial charge in [0.2, 0.25) is 5.91 Å². The minimum Gasteiger partial charge on any atom is -0.454 e. The molecule has 0 radical (unpaired) electrons. The molecule has 1 rings (SSSR count). The molecule has 0 bridgehead atoms. The number of rotatable bonds is 19. The number of hydrogen-bond acceptors (Lipinski definition) is 7. The van der Waals surface area contributed by atoms with Crippen molar-refractivity contribution in [3.8, 4) is 0 Å². The number of carbonyl (C=O) groups is 3. The Kier molecular flexibility index (Phi) is 19.4. The molecule has 0 fully saturated rings. The van der Waals surface area contributed by atoms with Gasteiger partial charge in [-0.1, -0.05) is 116 Å². The largest absolute Gasteiger partial charge is 0.454 e. The van der Waals surface area contributed by atoms with Gasteiger partial charge in [0, 0.05) is 48.0 Å². The van der Waals surface area contributed by atoms with Gasteiger partial charge in [0.15, 0.2) is 0 Å². The van der Waals surface area contributed by atoms with Crippen molar-refractivity contribution in [3.05, 3.63) is 71.4 Å². The molecule has 0 saturated heterocycles. The maximum Gasteiger partial charge on any atom is 0.331 e. The predicted molar refractivity (Wildman–Crippen MR) is 188 cm³/mol. The molecular formula is C36H55NO5S2. The van der Waals surface area contributed by atoms with Crippen LogP contribution in [-0.2, 0) is 19.1 Å². The molecule has 1 heterocycles. The van der Waals surface area contributed by atoms with Gasteiger partial charge >= 0.3 is 5.97 Å². The summed E-state index contributed by atoms with van der Waals surface area (Å²) in [5, 5.41) is 13.8. The van der Waals surface area contributed by atoms with Crippen LogP contribution in [0.1, 0.15) is 75.2 Å². The summed E-state index contributed by atoms with van der Waals surface area (Å²) in [7, 11) is 3.52. The average molecular weight is 646 g/mol. The molecule has 1 aliphatic heterocycles. The Balaban J connectivity index is 2.58. The molecule has 0 saturated carbocycles. The predicted octanol–water partition coefficient (Wildman–Crippen LogP) is 7.83. The first kappa shape index (κ1) is 39.7. The number of esters is 1. The zero-order chi connectivity index (χ0) is 33.2. The van der Waals surface area contributed by atoms with Crippen molar-refractivity contribution in [2.75, 3.05) is 18.1 Å². The van der Waals surface area contributed by atoms with Crippen LogP contribution in [0, 0.1) is 29.6 Å². The number of aliphatic hydroxyl groups is 1. The van der Waals surface area contributed by atoms with E-state index >= 15 is 0 Å². The van der Waals surface area contributed by atoms with Crippen molar-refractivity contribution in [3.63, 3.8) is 0 Å². The maximum absolute atomic E-state index is 13.1. The minimum atomic E-state index is -0.794. The summed E-state index contributed by atoms with van der Waals surface area (Å²) in [6, 6.07) is 0. The third kappa shape index (κ3) is 16.1. The number of hydrogen-bond donors (Lipinski definition) is 2. The van der Waals surface area contributed by atoms with Gasteiger partial charge in [-0.15, -0.1) is 0 Å². The topological polar surface area (TPSA) is 92.7 Å². The Bertz CT molecular complexity index is 1120. The number of carbonyl (C=O) groups excluding carboxylic acids is 3. The van der Waals surface area contributed by atoms with Crippen molar-refractivity contribution in [2.45, 2.75) is 87.4 Å². The van der Waals surface area contributed by atoms with Crippen molar-refractivity contribution in [1.82, 2.24) is 5.32 Å². The van der Waals surface area contributed by atoms with Gasteiger partial charge in [0.1, 0.15) is 11.9 Å². The lowest BCUT2D eigenvalue weighted by Gasteiger charge is -2.25. The van der Waals surface area contributed by atoms with Crippen LogP contribution in [0.25, 0.3) is 0 Å². The maximum atomic E-state index is 13.1. The molecule has 1 amide bonds. The molecule has 246 valence electrons. The summed E-state index contributed by atoms with van der Waals surface area (Å²) in [6.45, 7) is 18.4. The molecule has 1 aliphatic rings. The first-order valence-corrected chi connectivity index (χ1v) is 18.2. The van der Waals surface area contributed by atoms with Crippen LogP contribution in [0.2, 0.25) is 0 Å². The van der Waals surface area contributed by atoms with Gasteiger partial charge in [-0.25, -0.2) is 4.79 Å². The van der Waals surface area contributed by atoms with Crippen LogP contribution in [0.4, 0.5) is 0 Å². The van der Waals surface area contributed by atoms with Crippen LogP contribution in [0.5, 0.6) is 0 Å². The van der Waals surface area contributed by atoms with Gasteiger partial charge in [-0.05, 0) is 51.5 Å². The van der Waals surface area contributed by atoms with Crippen molar-refractivity contribution in [2.24, 2.45) is 29.6 Å². The SMILES string of the molecule is CCSSCCNC(=O)/C=C(\C)C[C@H](C)C(O)[C@H](C)C(=O)[C@H](C)/C=C(C)/C=C/CC(C)/C=C(C)\C=C\C1OC(=O)C=C[C@@H]1C. The van der Waals surface area contributed by atoms with Crippen LogP contribution in [-0.4, -0.2) is 53.0 Å². The van der Waals surface area contributed by atoms with E-state index in [1.807, 2.05) is 71.9 Å². The fourth-order valence-corrected chi connectivity index (χ4v) is 6.62. The van der Waals surface area contributed by atoms with E-state index in [1.165, 1.54) is 6.08 Å². The van der Waals surface area contributed by atoms with Crippen molar-refractivity contribution in [1.29, 1.82) is 0 Å². The first-order valence-electron chi connectivity index (χ1n) is 15.8. The Morgan fingerprint density at radius 2 is 1.75 bits per heavy atom. The zero-order valence-electron chi connectivity index (χ0n) is 28.2. The van der Waals surface area contributed by atoms with E-state index in [4.69, 9.17) is 4.74 Å². The number of nitrogens with one attached hydrogen (secondary N) is 1. The smallest absolute Gasteiger partial charge is 0.331 e. The van der Waals surface area contributed by atoms with Crippen molar-refractivity contribution < 1.29 is 24.2 Å². The molecule has 0 aromatic rings. The second-order valence-corrected chi connectivity index (χ2v) is 14.9. The highest BCUT2D eigenvalue weighted by Crippen LogP contribution is 2.24. The third-order valence-electron chi connectivity index (χ3n) is 7.50. The number of ketones is 1. The highest BCUT2D eigenvalue weighted by atomic mass is 33.1. The van der Waals surface area contributed by atoms with Crippen LogP contribution in [0.3, 0.4) is 0 Å². The normalized spacial score (nSPS) is 21.7. The molecular weight excluding hydrogens is 591 g/mol. The lowest BCUT2D eigenvalue weighted by molar-refractivity contribution is -0.143. The van der Waals surface area contributed by atoms with Gasteiger partial charge in [0.05, 0.1) is 6.10 Å². The molecule has 3 unspecified atom stereocenters. The Morgan fingerprint density at radius 1 is 1.07 bits per heavy atom. The summed E-state index contributed by atoms with van der Waals surface area (Å²) >= 11 is 0. The number of amides is 1. The third-order valence-corrected chi connectivity index (χ3v) is 9.98. The Morgan fingerprint density at radius 3 is 2.43 bits per heavy atom.